The molecule has 1 atom stereocenters. The number of ketones is 1. The Kier molecular flexibility index (Phi) is 4.77. The lowest BCUT2D eigenvalue weighted by Crippen LogP contribution is -2.19. The molecule has 4 rings (SSSR count). The SMILES string of the molecule is O=C(c1ccccc1)c1ccc2n1CCC2C(=O)Nc1ccc(Cl)cc1Cl. The molecule has 1 aromatic heterocycles. The second-order valence-electron chi connectivity index (χ2n) is 6.44. The summed E-state index contributed by atoms with van der Waals surface area (Å²) in [6, 6.07) is 17.7. The maximum absolute atomic E-state index is 12.8. The Balaban J connectivity index is 1.57. The Morgan fingerprint density at radius 1 is 1.00 bits per heavy atom. The van der Waals surface area contributed by atoms with Crippen molar-refractivity contribution in [2.45, 2.75) is 18.9 Å². The predicted molar refractivity (Wildman–Crippen MR) is 107 cm³/mol. The fourth-order valence-electron chi connectivity index (χ4n) is 3.46. The van der Waals surface area contributed by atoms with Crippen molar-refractivity contribution in [3.05, 3.63) is 87.7 Å². The molecule has 6 heteroatoms. The number of amides is 1. The van der Waals surface area contributed by atoms with Gasteiger partial charge in [-0.25, -0.2) is 0 Å². The predicted octanol–water partition coefficient (Wildman–Crippen LogP) is 5.15. The largest absolute Gasteiger partial charge is 0.341 e. The van der Waals surface area contributed by atoms with Gasteiger partial charge in [0, 0.05) is 22.8 Å². The van der Waals surface area contributed by atoms with Crippen LogP contribution in [-0.2, 0) is 11.3 Å². The molecule has 0 bridgehead atoms. The Morgan fingerprint density at radius 2 is 1.78 bits per heavy atom. The summed E-state index contributed by atoms with van der Waals surface area (Å²) < 4.78 is 1.93. The number of rotatable bonds is 4. The molecule has 0 saturated carbocycles. The number of nitrogens with one attached hydrogen (secondary N) is 1. The molecule has 0 radical (unpaired) electrons. The van der Waals surface area contributed by atoms with Crippen LogP contribution in [-0.4, -0.2) is 16.3 Å². The lowest BCUT2D eigenvalue weighted by molar-refractivity contribution is -0.117. The van der Waals surface area contributed by atoms with E-state index >= 15 is 0 Å². The first-order chi connectivity index (χ1) is 13.0. The molecule has 0 spiro atoms. The van der Waals surface area contributed by atoms with E-state index < -0.39 is 0 Å². The number of hydrogen-bond donors (Lipinski definition) is 1. The van der Waals surface area contributed by atoms with Crippen LogP contribution in [0.5, 0.6) is 0 Å². The Labute approximate surface area is 166 Å². The highest BCUT2D eigenvalue weighted by Gasteiger charge is 2.32. The summed E-state index contributed by atoms with van der Waals surface area (Å²) in [7, 11) is 0. The van der Waals surface area contributed by atoms with Crippen molar-refractivity contribution < 1.29 is 9.59 Å². The van der Waals surface area contributed by atoms with Crippen molar-refractivity contribution in [1.82, 2.24) is 4.57 Å². The molecule has 4 nitrogen and oxygen atoms in total. The van der Waals surface area contributed by atoms with Crippen LogP contribution in [0.1, 0.15) is 34.1 Å². The zero-order valence-corrected chi connectivity index (χ0v) is 15.8. The van der Waals surface area contributed by atoms with Gasteiger partial charge in [-0.1, -0.05) is 53.5 Å². The first kappa shape index (κ1) is 17.8. The zero-order chi connectivity index (χ0) is 19.0. The van der Waals surface area contributed by atoms with Gasteiger partial charge in [0.25, 0.3) is 0 Å². The molecule has 27 heavy (non-hydrogen) atoms. The lowest BCUT2D eigenvalue weighted by atomic mass is 10.0. The van der Waals surface area contributed by atoms with Crippen LogP contribution in [0, 0.1) is 0 Å². The van der Waals surface area contributed by atoms with Crippen molar-refractivity contribution >= 4 is 40.6 Å². The van der Waals surface area contributed by atoms with Gasteiger partial charge in [0.05, 0.1) is 22.3 Å². The molecule has 1 aliphatic rings. The van der Waals surface area contributed by atoms with Crippen LogP contribution >= 0.6 is 23.2 Å². The maximum atomic E-state index is 12.8. The summed E-state index contributed by atoms with van der Waals surface area (Å²) in [5.74, 6) is -0.507. The van der Waals surface area contributed by atoms with Gasteiger partial charge in [0.1, 0.15) is 0 Å². The average molecular weight is 399 g/mol. The summed E-state index contributed by atoms with van der Waals surface area (Å²) in [6.07, 6.45) is 0.641. The van der Waals surface area contributed by atoms with Crippen molar-refractivity contribution in [3.8, 4) is 0 Å². The van der Waals surface area contributed by atoms with Gasteiger partial charge in [-0.05, 0) is 36.8 Å². The number of benzene rings is 2. The van der Waals surface area contributed by atoms with E-state index in [1.54, 1.807) is 36.4 Å². The molecule has 1 aliphatic heterocycles. The average Bonchev–Trinajstić information content (AvgIpc) is 3.26. The first-order valence-corrected chi connectivity index (χ1v) is 9.35. The van der Waals surface area contributed by atoms with Crippen LogP contribution in [0.2, 0.25) is 10.0 Å². The van der Waals surface area contributed by atoms with Gasteiger partial charge < -0.3 is 9.88 Å². The Morgan fingerprint density at radius 3 is 2.52 bits per heavy atom. The number of anilines is 1. The smallest absolute Gasteiger partial charge is 0.233 e. The summed E-state index contributed by atoms with van der Waals surface area (Å²) in [5, 5.41) is 3.77. The third-order valence-electron chi connectivity index (χ3n) is 4.79. The van der Waals surface area contributed by atoms with Crippen LogP contribution < -0.4 is 5.32 Å². The maximum Gasteiger partial charge on any atom is 0.233 e. The summed E-state index contributed by atoms with van der Waals surface area (Å²) in [5.41, 5.74) is 2.61. The minimum atomic E-state index is -0.325. The van der Waals surface area contributed by atoms with E-state index in [2.05, 4.69) is 5.32 Å². The van der Waals surface area contributed by atoms with Crippen molar-refractivity contribution in [2.24, 2.45) is 0 Å². The van der Waals surface area contributed by atoms with Crippen LogP contribution in [0.3, 0.4) is 0 Å². The molecule has 3 aromatic rings. The van der Waals surface area contributed by atoms with Gasteiger partial charge in [-0.2, -0.15) is 0 Å². The number of halogens is 2. The third kappa shape index (κ3) is 3.38. The molecular weight excluding hydrogens is 383 g/mol. The monoisotopic (exact) mass is 398 g/mol. The Bertz CT molecular complexity index is 1030. The standard InChI is InChI=1S/C21H16Cl2N2O2/c22-14-6-7-17(16(23)12-14)24-21(27)15-10-11-25-18(15)8-9-19(25)20(26)13-4-2-1-3-5-13/h1-9,12,15H,10-11H2,(H,24,27). The third-order valence-corrected chi connectivity index (χ3v) is 5.33. The van der Waals surface area contributed by atoms with E-state index in [1.807, 2.05) is 28.8 Å². The lowest BCUT2D eigenvalue weighted by Gasteiger charge is -2.12. The van der Waals surface area contributed by atoms with Gasteiger partial charge in [0.2, 0.25) is 11.7 Å². The molecule has 2 heterocycles. The second kappa shape index (κ2) is 7.22. The topological polar surface area (TPSA) is 51.1 Å². The molecule has 2 aromatic carbocycles. The van der Waals surface area contributed by atoms with Crippen LogP contribution in [0.15, 0.2) is 60.7 Å². The molecular formula is C21H16Cl2N2O2. The highest BCUT2D eigenvalue weighted by molar-refractivity contribution is 6.36. The molecule has 136 valence electrons. The van der Waals surface area contributed by atoms with Crippen LogP contribution in [0.25, 0.3) is 0 Å². The number of nitrogens with zero attached hydrogens (tertiary/aromatic N) is 1. The molecule has 1 amide bonds. The number of carbonyl (C=O) groups excluding carboxylic acids is 2. The van der Waals surface area contributed by atoms with E-state index in [0.29, 0.717) is 40.0 Å². The van der Waals surface area contributed by atoms with E-state index in [4.69, 9.17) is 23.2 Å². The first-order valence-electron chi connectivity index (χ1n) is 8.59. The van der Waals surface area contributed by atoms with Gasteiger partial charge in [-0.3, -0.25) is 9.59 Å². The van der Waals surface area contributed by atoms with E-state index in [0.717, 1.165) is 5.69 Å². The normalized spacial score (nSPS) is 15.4. The molecule has 1 unspecified atom stereocenters. The van der Waals surface area contributed by atoms with Crippen molar-refractivity contribution in [3.63, 3.8) is 0 Å². The summed E-state index contributed by atoms with van der Waals surface area (Å²) in [4.78, 5) is 25.5. The Hall–Kier alpha value is -2.56. The molecule has 0 fully saturated rings. The number of carbonyl (C=O) groups is 2. The highest BCUT2D eigenvalue weighted by atomic mass is 35.5. The number of fused-ring (bicyclic) bond motifs is 1. The van der Waals surface area contributed by atoms with Crippen molar-refractivity contribution in [1.29, 1.82) is 0 Å². The fourth-order valence-corrected chi connectivity index (χ4v) is 3.91. The van der Waals surface area contributed by atoms with Gasteiger partial charge in [0.15, 0.2) is 0 Å². The van der Waals surface area contributed by atoms with Gasteiger partial charge >= 0.3 is 0 Å². The number of hydrogen-bond acceptors (Lipinski definition) is 2. The molecule has 0 saturated heterocycles. The quantitative estimate of drug-likeness (QED) is 0.617. The summed E-state index contributed by atoms with van der Waals surface area (Å²) >= 11 is 12.0. The zero-order valence-electron chi connectivity index (χ0n) is 14.3. The van der Waals surface area contributed by atoms with Gasteiger partial charge in [-0.15, -0.1) is 0 Å². The van der Waals surface area contributed by atoms with Crippen LogP contribution in [0.4, 0.5) is 5.69 Å². The molecule has 0 aliphatic carbocycles. The fraction of sp³-hybridized carbons (Fsp3) is 0.143. The van der Waals surface area contributed by atoms with Crippen molar-refractivity contribution in [2.75, 3.05) is 5.32 Å². The minimum absolute atomic E-state index is 0.0383. The summed E-state index contributed by atoms with van der Waals surface area (Å²) in [6.45, 7) is 0.628. The van der Waals surface area contributed by atoms with E-state index in [9.17, 15) is 9.59 Å². The highest BCUT2D eigenvalue weighted by Crippen LogP contribution is 2.33. The molecule has 1 N–H and O–H groups in total. The number of aromatic nitrogens is 1. The minimum Gasteiger partial charge on any atom is -0.341 e. The van der Waals surface area contributed by atoms with E-state index in [-0.39, 0.29) is 17.6 Å². The van der Waals surface area contributed by atoms with E-state index in [1.165, 1.54) is 0 Å². The second-order valence-corrected chi connectivity index (χ2v) is 7.29.